The van der Waals surface area contributed by atoms with Gasteiger partial charge in [-0.1, -0.05) is 24.0 Å². The Morgan fingerprint density at radius 2 is 1.64 bits per heavy atom. The molecule has 0 unspecified atom stereocenters. The van der Waals surface area contributed by atoms with E-state index in [2.05, 4.69) is 37.8 Å². The number of H-pyrrole nitrogens is 1. The molecule has 1 heterocycles. The highest BCUT2D eigenvalue weighted by Crippen LogP contribution is 2.11. The average molecular weight is 527 g/mol. The third-order valence-electron chi connectivity index (χ3n) is 5.89. The lowest BCUT2D eigenvalue weighted by atomic mass is 10.1. The van der Waals surface area contributed by atoms with Crippen LogP contribution in [0.3, 0.4) is 0 Å². The van der Waals surface area contributed by atoms with Gasteiger partial charge in [0.05, 0.1) is 36.3 Å². The van der Waals surface area contributed by atoms with Crippen LogP contribution in [0, 0.1) is 11.8 Å². The number of aliphatic hydroxyl groups excluding tert-OH is 1. The van der Waals surface area contributed by atoms with Gasteiger partial charge >= 0.3 is 0 Å². The molecule has 4 rings (SSSR count). The number of hydroxylamine groups is 1. The summed E-state index contributed by atoms with van der Waals surface area (Å²) in [5, 5.41) is 27.2. The molecule has 0 spiro atoms. The lowest BCUT2D eigenvalue weighted by Crippen LogP contribution is -2.47. The van der Waals surface area contributed by atoms with Crippen LogP contribution in [0.5, 0.6) is 0 Å². The number of benzene rings is 3. The first kappa shape index (κ1) is 27.5. The first-order chi connectivity index (χ1) is 18.9. The molecule has 0 saturated heterocycles. The number of imidazole rings is 1. The summed E-state index contributed by atoms with van der Waals surface area (Å²) in [6.45, 7) is 2.15. The van der Waals surface area contributed by atoms with Crippen molar-refractivity contribution in [1.29, 1.82) is 0 Å². The number of aliphatic hydroxyl groups is 1. The summed E-state index contributed by atoms with van der Waals surface area (Å²) in [7, 11) is 0. The van der Waals surface area contributed by atoms with Crippen molar-refractivity contribution in [1.82, 2.24) is 26.1 Å². The third kappa shape index (κ3) is 7.98. The van der Waals surface area contributed by atoms with Crippen molar-refractivity contribution < 1.29 is 19.9 Å². The Morgan fingerprint density at radius 3 is 2.28 bits per heavy atom. The molecule has 200 valence electrons. The second kappa shape index (κ2) is 13.3. The van der Waals surface area contributed by atoms with Crippen molar-refractivity contribution in [3.63, 3.8) is 0 Å². The molecule has 0 aliphatic carbocycles. The number of para-hydroxylation sites is 2. The Morgan fingerprint density at radius 1 is 0.974 bits per heavy atom. The maximum absolute atomic E-state index is 12.4. The van der Waals surface area contributed by atoms with Gasteiger partial charge in [-0.05, 0) is 67.6 Å². The fourth-order valence-electron chi connectivity index (χ4n) is 3.77. The van der Waals surface area contributed by atoms with Gasteiger partial charge in [-0.3, -0.25) is 9.59 Å². The van der Waals surface area contributed by atoms with Crippen LogP contribution in [-0.2, 0) is 11.3 Å². The molecule has 10 nitrogen and oxygen atoms in total. The van der Waals surface area contributed by atoms with Crippen LogP contribution in [0.15, 0.2) is 72.8 Å². The van der Waals surface area contributed by atoms with E-state index in [1.54, 1.807) is 36.4 Å². The summed E-state index contributed by atoms with van der Waals surface area (Å²) in [4.78, 5) is 32.4. The minimum absolute atomic E-state index is 0.0237. The van der Waals surface area contributed by atoms with E-state index >= 15 is 0 Å². The molecule has 4 aromatic rings. The van der Waals surface area contributed by atoms with E-state index in [0.29, 0.717) is 17.8 Å². The lowest BCUT2D eigenvalue weighted by Gasteiger charge is -2.20. The fourth-order valence-corrected chi connectivity index (χ4v) is 3.77. The van der Waals surface area contributed by atoms with Crippen molar-refractivity contribution in [2.24, 2.45) is 0 Å². The smallest absolute Gasteiger partial charge is 0.251 e. The van der Waals surface area contributed by atoms with Crippen molar-refractivity contribution in [2.45, 2.75) is 25.6 Å². The number of amides is 2. The van der Waals surface area contributed by atoms with Gasteiger partial charge < -0.3 is 31.2 Å². The van der Waals surface area contributed by atoms with Gasteiger partial charge in [-0.15, -0.1) is 0 Å². The SMILES string of the molecule is C[C@@H](O)[C@H](CNO)NC(=O)c1ccc(C#Cc2ccc(NC(=O)CNCc3nc4ccccc4[nH]3)cc2)cc1. The van der Waals surface area contributed by atoms with Crippen molar-refractivity contribution in [3.8, 4) is 11.8 Å². The molecule has 0 aliphatic heterocycles. The average Bonchev–Trinajstić information content (AvgIpc) is 3.35. The zero-order valence-corrected chi connectivity index (χ0v) is 21.4. The van der Waals surface area contributed by atoms with Gasteiger partial charge in [0, 0.05) is 28.9 Å². The summed E-state index contributed by atoms with van der Waals surface area (Å²) >= 11 is 0. The van der Waals surface area contributed by atoms with Crippen molar-refractivity contribution in [2.75, 3.05) is 18.4 Å². The van der Waals surface area contributed by atoms with E-state index < -0.39 is 12.1 Å². The number of aromatic nitrogens is 2. The summed E-state index contributed by atoms with van der Waals surface area (Å²) in [5.74, 6) is 6.35. The number of nitrogens with one attached hydrogen (secondary N) is 5. The van der Waals surface area contributed by atoms with Gasteiger partial charge in [-0.25, -0.2) is 10.5 Å². The summed E-state index contributed by atoms with van der Waals surface area (Å²) in [6, 6.07) is 21.1. The summed E-state index contributed by atoms with van der Waals surface area (Å²) in [5.41, 5.74) is 6.38. The summed E-state index contributed by atoms with van der Waals surface area (Å²) < 4.78 is 0. The predicted molar refractivity (Wildman–Crippen MR) is 148 cm³/mol. The maximum atomic E-state index is 12.4. The number of nitrogens with zero attached hydrogens (tertiary/aromatic N) is 1. The standard InChI is InChI=1S/C29H30N6O4/c1-19(36)26(16-31-39)35-29(38)22-12-8-20(9-13-22)6-7-21-10-14-23(15-11-21)32-28(37)18-30-17-27-33-24-4-2-3-5-25(24)34-27/h2-5,8-15,19,26,30-31,36,39H,16-18H2,1H3,(H,32,37)(H,33,34)(H,35,38)/t19-,26+/m1/s1. The van der Waals surface area contributed by atoms with Crippen LogP contribution in [0.2, 0.25) is 0 Å². The first-order valence-electron chi connectivity index (χ1n) is 12.4. The third-order valence-corrected chi connectivity index (χ3v) is 5.89. The van der Waals surface area contributed by atoms with Crippen molar-refractivity contribution in [3.05, 3.63) is 95.3 Å². The Hall–Kier alpha value is -4.53. The highest BCUT2D eigenvalue weighted by Gasteiger charge is 2.18. The normalized spacial score (nSPS) is 12.3. The van der Waals surface area contributed by atoms with Crippen LogP contribution in [-0.4, -0.2) is 57.3 Å². The van der Waals surface area contributed by atoms with Gasteiger partial charge in [-0.2, -0.15) is 0 Å². The second-order valence-corrected chi connectivity index (χ2v) is 8.94. The van der Waals surface area contributed by atoms with Gasteiger partial charge in [0.1, 0.15) is 5.82 Å². The number of hydrogen-bond donors (Lipinski definition) is 7. The number of rotatable bonds is 10. The van der Waals surface area contributed by atoms with Gasteiger partial charge in [0.15, 0.2) is 0 Å². The van der Waals surface area contributed by atoms with Crippen LogP contribution in [0.25, 0.3) is 11.0 Å². The summed E-state index contributed by atoms with van der Waals surface area (Å²) in [6.07, 6.45) is -0.830. The Balaban J connectivity index is 1.24. The van der Waals surface area contributed by atoms with E-state index in [-0.39, 0.29) is 24.9 Å². The lowest BCUT2D eigenvalue weighted by molar-refractivity contribution is -0.115. The Kier molecular flexibility index (Phi) is 9.39. The minimum Gasteiger partial charge on any atom is -0.391 e. The molecule has 7 N–H and O–H groups in total. The predicted octanol–water partition coefficient (Wildman–Crippen LogP) is 2.15. The van der Waals surface area contributed by atoms with Gasteiger partial charge in [0.25, 0.3) is 5.91 Å². The zero-order chi connectivity index (χ0) is 27.6. The molecule has 2 atom stereocenters. The minimum atomic E-state index is -0.830. The van der Waals surface area contributed by atoms with E-state index in [9.17, 15) is 14.7 Å². The molecule has 3 aromatic carbocycles. The highest BCUT2D eigenvalue weighted by atomic mass is 16.5. The molecule has 0 radical (unpaired) electrons. The fraction of sp³-hybridized carbons (Fsp3) is 0.207. The van der Waals surface area contributed by atoms with E-state index in [4.69, 9.17) is 5.21 Å². The highest BCUT2D eigenvalue weighted by molar-refractivity contribution is 5.94. The Labute approximate surface area is 225 Å². The monoisotopic (exact) mass is 526 g/mol. The van der Waals surface area contributed by atoms with Crippen LogP contribution in [0.4, 0.5) is 5.69 Å². The van der Waals surface area contributed by atoms with Crippen LogP contribution >= 0.6 is 0 Å². The number of carbonyl (C=O) groups is 2. The Bertz CT molecular complexity index is 1440. The molecule has 10 heteroatoms. The quantitative estimate of drug-likeness (QED) is 0.124. The first-order valence-corrected chi connectivity index (χ1v) is 12.4. The molecule has 0 bridgehead atoms. The van der Waals surface area contributed by atoms with Crippen molar-refractivity contribution >= 4 is 28.5 Å². The zero-order valence-electron chi connectivity index (χ0n) is 21.4. The van der Waals surface area contributed by atoms with Gasteiger partial charge in [0.2, 0.25) is 5.91 Å². The molecular weight excluding hydrogens is 496 g/mol. The number of aromatic amines is 1. The molecule has 1 aromatic heterocycles. The van der Waals surface area contributed by atoms with E-state index in [0.717, 1.165) is 28.0 Å². The molecule has 0 fully saturated rings. The number of anilines is 1. The van der Waals surface area contributed by atoms with Crippen LogP contribution in [0.1, 0.15) is 34.2 Å². The maximum Gasteiger partial charge on any atom is 0.251 e. The largest absolute Gasteiger partial charge is 0.391 e. The van der Waals surface area contributed by atoms with E-state index in [1.807, 2.05) is 41.9 Å². The molecular formula is C29H30N6O4. The molecule has 0 saturated carbocycles. The number of fused-ring (bicyclic) bond motifs is 1. The molecule has 0 aliphatic rings. The number of hydrogen-bond acceptors (Lipinski definition) is 7. The van der Waals surface area contributed by atoms with Crippen LogP contribution < -0.4 is 21.4 Å². The number of carbonyl (C=O) groups excluding carboxylic acids is 2. The molecule has 39 heavy (non-hydrogen) atoms. The molecule has 2 amide bonds. The topological polar surface area (TPSA) is 151 Å². The second-order valence-electron chi connectivity index (χ2n) is 8.94. The van der Waals surface area contributed by atoms with E-state index in [1.165, 1.54) is 6.92 Å².